The van der Waals surface area contributed by atoms with Crippen molar-refractivity contribution >= 4 is 52.2 Å². The van der Waals surface area contributed by atoms with Gasteiger partial charge < -0.3 is 15.0 Å². The van der Waals surface area contributed by atoms with Gasteiger partial charge in [0.1, 0.15) is 17.7 Å². The predicted molar refractivity (Wildman–Crippen MR) is 137 cm³/mol. The number of hydrogen-bond acceptors (Lipinski definition) is 8. The van der Waals surface area contributed by atoms with E-state index in [1.165, 1.54) is 33.1 Å². The maximum Gasteiger partial charge on any atom is 0.416 e. The van der Waals surface area contributed by atoms with Gasteiger partial charge in [-0.3, -0.25) is 28.4 Å². The number of pyridine rings is 1. The average Bonchev–Trinajstić information content (AvgIpc) is 3.25. The zero-order valence-corrected chi connectivity index (χ0v) is 21.0. The maximum atomic E-state index is 12.9. The molecule has 1 aromatic carbocycles. The fourth-order valence-electron chi connectivity index (χ4n) is 4.41. The zero-order valence-electron chi connectivity index (χ0n) is 20.2. The van der Waals surface area contributed by atoms with Gasteiger partial charge >= 0.3 is 11.8 Å². The molecule has 3 aromatic rings. The van der Waals surface area contributed by atoms with E-state index in [2.05, 4.69) is 10.3 Å². The van der Waals surface area contributed by atoms with E-state index in [9.17, 15) is 24.0 Å². The van der Waals surface area contributed by atoms with Gasteiger partial charge in [-0.05, 0) is 24.3 Å². The number of nitrogens with one attached hydrogen (secondary N) is 1. The van der Waals surface area contributed by atoms with Crippen LogP contribution in [-0.2, 0) is 27.9 Å². The Bertz CT molecular complexity index is 1550. The fourth-order valence-corrected chi connectivity index (χ4v) is 5.17. The average molecular weight is 525 g/mol. The number of amides is 3. The summed E-state index contributed by atoms with van der Waals surface area (Å²) in [6.07, 6.45) is -1.26. The lowest BCUT2D eigenvalue weighted by Gasteiger charge is -2.24. The summed E-state index contributed by atoms with van der Waals surface area (Å²) in [5, 5.41) is 3.10. The molecule has 12 nitrogen and oxygen atoms in total. The van der Waals surface area contributed by atoms with Gasteiger partial charge in [0, 0.05) is 27.1 Å². The Morgan fingerprint density at radius 2 is 1.97 bits per heavy atom. The highest BCUT2D eigenvalue weighted by atomic mass is 32.2. The van der Waals surface area contributed by atoms with Crippen LogP contribution in [0.2, 0.25) is 0 Å². The summed E-state index contributed by atoms with van der Waals surface area (Å²) in [6, 6.07) is 10.3. The fraction of sp³-hybridized carbons (Fsp3) is 0.333. The highest BCUT2D eigenvalue weighted by molar-refractivity contribution is 8.00. The van der Waals surface area contributed by atoms with Gasteiger partial charge in [-0.2, -0.15) is 0 Å². The molecule has 4 heterocycles. The van der Waals surface area contributed by atoms with Crippen LogP contribution >= 0.6 is 11.8 Å². The third-order valence-electron chi connectivity index (χ3n) is 6.33. The number of carbonyl (C=O) groups is 3. The lowest BCUT2D eigenvalue weighted by Crippen LogP contribution is -2.44. The first kappa shape index (κ1) is 24.6. The van der Waals surface area contributed by atoms with Crippen LogP contribution < -0.4 is 21.5 Å². The molecule has 3 amide bonds. The molecule has 37 heavy (non-hydrogen) atoms. The maximum absolute atomic E-state index is 12.9. The van der Waals surface area contributed by atoms with Gasteiger partial charge in [-0.15, -0.1) is 11.8 Å². The second kappa shape index (κ2) is 9.73. The molecule has 0 saturated carbocycles. The Kier molecular flexibility index (Phi) is 6.46. The normalized spacial score (nSPS) is 16.9. The van der Waals surface area contributed by atoms with Crippen LogP contribution in [0.4, 0.5) is 16.4 Å². The Morgan fingerprint density at radius 3 is 2.76 bits per heavy atom. The standard InChI is InChI=1S/C24H24N6O6S/c1-14(31)28(9-10-29-22(33)16-5-3-4-6-17(16)27(2)23(29)34)11-15-12-30(24(35)36-15)19-8-7-18-21(25-19)26-20(32)13-37-18/h3-8,15H,9-13H2,1-2H3,(H,25,26,32). The van der Waals surface area contributed by atoms with Gasteiger partial charge in [-0.25, -0.2) is 14.6 Å². The molecular formula is C24H24N6O6S. The SMILES string of the molecule is CC(=O)N(CCn1c(=O)c2ccccc2n(C)c1=O)CC1CN(c2ccc3c(n2)NC(=O)CS3)C(=O)O1. The highest BCUT2D eigenvalue weighted by Gasteiger charge is 2.35. The van der Waals surface area contributed by atoms with E-state index < -0.39 is 23.4 Å². The first-order valence-corrected chi connectivity index (χ1v) is 12.6. The summed E-state index contributed by atoms with van der Waals surface area (Å²) in [5.74, 6) is 0.575. The number of anilines is 2. The van der Waals surface area contributed by atoms with Gasteiger partial charge in [0.15, 0.2) is 0 Å². The molecule has 1 unspecified atom stereocenters. The van der Waals surface area contributed by atoms with Gasteiger partial charge in [0.2, 0.25) is 11.8 Å². The molecule has 2 aliphatic rings. The first-order valence-electron chi connectivity index (χ1n) is 11.6. The van der Waals surface area contributed by atoms with Crippen LogP contribution in [0.15, 0.2) is 50.9 Å². The van der Waals surface area contributed by atoms with Crippen LogP contribution in [0.5, 0.6) is 0 Å². The minimum absolute atomic E-state index is 0.00988. The van der Waals surface area contributed by atoms with E-state index in [-0.39, 0.29) is 38.0 Å². The minimum atomic E-state index is -0.644. The number of benzene rings is 1. The van der Waals surface area contributed by atoms with E-state index in [1.54, 1.807) is 43.4 Å². The van der Waals surface area contributed by atoms with Crippen LogP contribution in [0.25, 0.3) is 10.9 Å². The number of hydrogen-bond donors (Lipinski definition) is 1. The third kappa shape index (κ3) is 4.69. The van der Waals surface area contributed by atoms with Crippen molar-refractivity contribution in [2.45, 2.75) is 24.5 Å². The third-order valence-corrected chi connectivity index (χ3v) is 7.38. The Morgan fingerprint density at radius 1 is 1.19 bits per heavy atom. The van der Waals surface area contributed by atoms with Crippen molar-refractivity contribution in [3.8, 4) is 0 Å². The number of carbonyl (C=O) groups excluding carboxylic acids is 3. The van der Waals surface area contributed by atoms with Gasteiger partial charge in [-0.1, -0.05) is 12.1 Å². The molecule has 0 bridgehead atoms. The smallest absolute Gasteiger partial charge is 0.416 e. The van der Waals surface area contributed by atoms with Gasteiger partial charge in [0.05, 0.1) is 34.6 Å². The van der Waals surface area contributed by atoms with Crippen LogP contribution in [0.3, 0.4) is 0 Å². The number of cyclic esters (lactones) is 1. The van der Waals surface area contributed by atoms with Crippen molar-refractivity contribution in [3.05, 3.63) is 57.2 Å². The van der Waals surface area contributed by atoms with Crippen molar-refractivity contribution in [1.82, 2.24) is 19.0 Å². The highest BCUT2D eigenvalue weighted by Crippen LogP contribution is 2.32. The molecule has 1 fully saturated rings. The van der Waals surface area contributed by atoms with Crippen molar-refractivity contribution < 1.29 is 19.1 Å². The van der Waals surface area contributed by atoms with Crippen LogP contribution in [0.1, 0.15) is 6.92 Å². The summed E-state index contributed by atoms with van der Waals surface area (Å²) < 4.78 is 7.98. The Balaban J connectivity index is 1.30. The van der Waals surface area contributed by atoms with Crippen molar-refractivity contribution in [2.24, 2.45) is 7.05 Å². The number of ether oxygens (including phenoxy) is 1. The summed E-state index contributed by atoms with van der Waals surface area (Å²) in [6.45, 7) is 1.67. The second-order valence-corrected chi connectivity index (χ2v) is 9.77. The number of thioether (sulfide) groups is 1. The monoisotopic (exact) mass is 524 g/mol. The molecule has 192 valence electrons. The summed E-state index contributed by atoms with van der Waals surface area (Å²) >= 11 is 1.37. The first-order chi connectivity index (χ1) is 17.7. The number of aryl methyl sites for hydroxylation is 1. The Hall–Kier alpha value is -4.13. The van der Waals surface area contributed by atoms with Crippen molar-refractivity contribution in [3.63, 3.8) is 0 Å². The second-order valence-electron chi connectivity index (χ2n) is 8.75. The number of para-hydroxylation sites is 1. The largest absolute Gasteiger partial charge is 0.442 e. The lowest BCUT2D eigenvalue weighted by molar-refractivity contribution is -0.130. The molecule has 2 aromatic heterocycles. The number of rotatable bonds is 6. The number of aromatic nitrogens is 3. The molecule has 1 atom stereocenters. The molecule has 1 saturated heterocycles. The molecule has 0 aliphatic carbocycles. The predicted octanol–water partition coefficient (Wildman–Crippen LogP) is 1.01. The molecule has 13 heteroatoms. The summed E-state index contributed by atoms with van der Waals surface area (Å²) in [5.41, 5.74) is -0.372. The number of nitrogens with zero attached hydrogens (tertiary/aromatic N) is 5. The molecule has 2 aliphatic heterocycles. The van der Waals surface area contributed by atoms with E-state index >= 15 is 0 Å². The van der Waals surface area contributed by atoms with Crippen LogP contribution in [-0.4, -0.2) is 68.4 Å². The van der Waals surface area contributed by atoms with E-state index in [4.69, 9.17) is 4.74 Å². The van der Waals surface area contributed by atoms with Gasteiger partial charge in [0.25, 0.3) is 5.56 Å². The summed E-state index contributed by atoms with van der Waals surface area (Å²) in [7, 11) is 1.59. The quantitative estimate of drug-likeness (QED) is 0.505. The van der Waals surface area contributed by atoms with Crippen LogP contribution in [0, 0.1) is 0 Å². The van der Waals surface area contributed by atoms with E-state index in [0.717, 1.165) is 9.46 Å². The molecule has 1 N–H and O–H groups in total. The van der Waals surface area contributed by atoms with E-state index in [1.807, 2.05) is 0 Å². The minimum Gasteiger partial charge on any atom is -0.442 e. The zero-order chi connectivity index (χ0) is 26.3. The molecular weight excluding hydrogens is 500 g/mol. The summed E-state index contributed by atoms with van der Waals surface area (Å²) in [4.78, 5) is 70.4. The lowest BCUT2D eigenvalue weighted by atomic mass is 10.2. The van der Waals surface area contributed by atoms with Crippen molar-refractivity contribution in [2.75, 3.05) is 35.6 Å². The topological polar surface area (TPSA) is 136 Å². The number of fused-ring (bicyclic) bond motifs is 2. The van der Waals surface area contributed by atoms with E-state index in [0.29, 0.717) is 28.3 Å². The molecule has 0 spiro atoms. The van der Waals surface area contributed by atoms with Crippen molar-refractivity contribution in [1.29, 1.82) is 0 Å². The molecule has 5 rings (SSSR count). The Labute approximate surface area is 214 Å². The molecule has 0 radical (unpaired) electrons.